The van der Waals surface area contributed by atoms with Crippen molar-refractivity contribution in [2.75, 3.05) is 0 Å². The van der Waals surface area contributed by atoms with Gasteiger partial charge < -0.3 is 10.1 Å². The number of nitrogens with zero attached hydrogens (tertiary/aromatic N) is 1. The van der Waals surface area contributed by atoms with E-state index >= 15 is 0 Å². The van der Waals surface area contributed by atoms with Crippen LogP contribution in [0.5, 0.6) is 0 Å². The van der Waals surface area contributed by atoms with Gasteiger partial charge in [0.25, 0.3) is 0 Å². The maximum absolute atomic E-state index is 13.4. The Bertz CT molecular complexity index is 781. The summed E-state index contributed by atoms with van der Waals surface area (Å²) in [5, 5.41) is 9.09. The smallest absolute Gasteiger partial charge is 0.338 e. The Hall–Kier alpha value is -2.69. The summed E-state index contributed by atoms with van der Waals surface area (Å²) in [4.78, 5) is 18.3. The van der Waals surface area contributed by atoms with Crippen LogP contribution in [0.2, 0.25) is 0 Å². The van der Waals surface area contributed by atoms with Gasteiger partial charge in [0.2, 0.25) is 0 Å². The molecule has 0 bridgehead atoms. The molecule has 3 rings (SSSR count). The molecular weight excluding hydrogens is 259 g/mol. The zero-order valence-electron chi connectivity index (χ0n) is 10.4. The summed E-state index contributed by atoms with van der Waals surface area (Å²) >= 11 is 0. The number of H-pyrrole nitrogens is 1. The highest BCUT2D eigenvalue weighted by Crippen LogP contribution is 2.20. The van der Waals surface area contributed by atoms with Crippen LogP contribution in [0.1, 0.15) is 21.7 Å². The zero-order chi connectivity index (χ0) is 14.1. The second-order valence-corrected chi connectivity index (χ2v) is 4.50. The van der Waals surface area contributed by atoms with E-state index in [1.807, 2.05) is 30.3 Å². The first-order valence-electron chi connectivity index (χ1n) is 6.09. The van der Waals surface area contributed by atoms with Crippen molar-refractivity contribution < 1.29 is 14.3 Å². The molecule has 4 nitrogen and oxygen atoms in total. The van der Waals surface area contributed by atoms with E-state index in [1.165, 1.54) is 6.07 Å². The van der Waals surface area contributed by atoms with E-state index in [0.29, 0.717) is 17.8 Å². The lowest BCUT2D eigenvalue weighted by Crippen LogP contribution is -1.98. The normalized spacial score (nSPS) is 10.8. The van der Waals surface area contributed by atoms with Crippen LogP contribution in [-0.2, 0) is 6.42 Å². The number of fused-ring (bicyclic) bond motifs is 1. The molecule has 0 amide bonds. The number of aromatic nitrogens is 2. The summed E-state index contributed by atoms with van der Waals surface area (Å²) in [5.74, 6) is -1.17. The van der Waals surface area contributed by atoms with Crippen molar-refractivity contribution in [1.82, 2.24) is 9.97 Å². The van der Waals surface area contributed by atoms with E-state index in [-0.39, 0.29) is 11.1 Å². The highest BCUT2D eigenvalue weighted by Gasteiger charge is 2.15. The van der Waals surface area contributed by atoms with Crippen LogP contribution in [0.25, 0.3) is 11.0 Å². The Labute approximate surface area is 113 Å². The fourth-order valence-electron chi connectivity index (χ4n) is 2.17. The number of aromatic carboxylic acids is 1. The van der Waals surface area contributed by atoms with Gasteiger partial charge in [-0.25, -0.2) is 14.2 Å². The van der Waals surface area contributed by atoms with Gasteiger partial charge in [0.15, 0.2) is 0 Å². The predicted octanol–water partition coefficient (Wildman–Crippen LogP) is 2.99. The van der Waals surface area contributed by atoms with E-state index in [4.69, 9.17) is 5.11 Å². The predicted molar refractivity (Wildman–Crippen MR) is 72.3 cm³/mol. The van der Waals surface area contributed by atoms with Gasteiger partial charge in [-0.15, -0.1) is 0 Å². The number of imidazole rings is 1. The molecule has 0 spiro atoms. The number of halogens is 1. The Balaban J connectivity index is 2.06. The van der Waals surface area contributed by atoms with Crippen LogP contribution < -0.4 is 0 Å². The summed E-state index contributed by atoms with van der Waals surface area (Å²) in [6, 6.07) is 11.9. The average molecular weight is 270 g/mol. The lowest BCUT2D eigenvalue weighted by molar-refractivity contribution is 0.0698. The highest BCUT2D eigenvalue weighted by atomic mass is 19.1. The van der Waals surface area contributed by atoms with Crippen molar-refractivity contribution in [1.29, 1.82) is 0 Å². The molecule has 0 aliphatic heterocycles. The quantitative estimate of drug-likeness (QED) is 0.768. The molecule has 1 heterocycles. The third-order valence-corrected chi connectivity index (χ3v) is 3.05. The standard InChI is InChI=1S/C15H11FN2O2/c16-10-7-11(15(19)20)14-12(8-10)17-13(18-14)6-9-4-2-1-3-5-9/h1-5,7-8H,6H2,(H,17,18)(H,19,20). The number of benzene rings is 2. The van der Waals surface area contributed by atoms with Crippen LogP contribution in [-0.4, -0.2) is 21.0 Å². The second kappa shape index (κ2) is 4.77. The van der Waals surface area contributed by atoms with E-state index in [9.17, 15) is 9.18 Å². The zero-order valence-corrected chi connectivity index (χ0v) is 10.4. The minimum absolute atomic E-state index is 0.129. The highest BCUT2D eigenvalue weighted by molar-refractivity contribution is 6.00. The summed E-state index contributed by atoms with van der Waals surface area (Å²) < 4.78 is 13.4. The molecular formula is C15H11FN2O2. The van der Waals surface area contributed by atoms with Crippen molar-refractivity contribution in [3.63, 3.8) is 0 Å². The molecule has 0 radical (unpaired) electrons. The van der Waals surface area contributed by atoms with E-state index in [0.717, 1.165) is 11.6 Å². The van der Waals surface area contributed by atoms with Crippen LogP contribution in [0, 0.1) is 5.82 Å². The molecule has 2 N–H and O–H groups in total. The van der Waals surface area contributed by atoms with Crippen LogP contribution >= 0.6 is 0 Å². The van der Waals surface area contributed by atoms with Crippen molar-refractivity contribution in [2.45, 2.75) is 6.42 Å². The van der Waals surface area contributed by atoms with Crippen molar-refractivity contribution in [3.05, 3.63) is 65.2 Å². The molecule has 1 aromatic heterocycles. The first kappa shape index (κ1) is 12.3. The minimum atomic E-state index is -1.19. The first-order valence-corrected chi connectivity index (χ1v) is 6.09. The Morgan fingerprint density at radius 1 is 1.25 bits per heavy atom. The number of hydrogen-bond acceptors (Lipinski definition) is 2. The fraction of sp³-hybridized carbons (Fsp3) is 0.0667. The summed E-state index contributed by atoms with van der Waals surface area (Å²) in [5.41, 5.74) is 1.60. The van der Waals surface area contributed by atoms with E-state index in [1.54, 1.807) is 0 Å². The van der Waals surface area contributed by atoms with Gasteiger partial charge in [0.1, 0.15) is 17.2 Å². The van der Waals surface area contributed by atoms with Crippen molar-refractivity contribution >= 4 is 17.0 Å². The van der Waals surface area contributed by atoms with Crippen LogP contribution in [0.15, 0.2) is 42.5 Å². The van der Waals surface area contributed by atoms with Crippen LogP contribution in [0.4, 0.5) is 4.39 Å². The number of carboxylic acids is 1. The third kappa shape index (κ3) is 2.25. The molecule has 0 saturated heterocycles. The summed E-state index contributed by atoms with van der Waals surface area (Å²) in [7, 11) is 0. The number of rotatable bonds is 3. The summed E-state index contributed by atoms with van der Waals surface area (Å²) in [6.45, 7) is 0. The lowest BCUT2D eigenvalue weighted by Gasteiger charge is -1.96. The van der Waals surface area contributed by atoms with Gasteiger partial charge in [0.05, 0.1) is 11.1 Å². The molecule has 2 aromatic carbocycles. The molecule has 0 atom stereocenters. The summed E-state index contributed by atoms with van der Waals surface area (Å²) in [6.07, 6.45) is 0.538. The largest absolute Gasteiger partial charge is 0.478 e. The number of carbonyl (C=O) groups is 1. The Morgan fingerprint density at radius 2 is 2.00 bits per heavy atom. The maximum Gasteiger partial charge on any atom is 0.338 e. The molecule has 0 unspecified atom stereocenters. The SMILES string of the molecule is O=C(O)c1cc(F)cc2[nH]c(Cc3ccccc3)nc12. The van der Waals surface area contributed by atoms with Gasteiger partial charge in [-0.2, -0.15) is 0 Å². The number of nitrogens with one attached hydrogen (secondary N) is 1. The van der Waals surface area contributed by atoms with E-state index < -0.39 is 11.8 Å². The Kier molecular flexibility index (Phi) is 2.95. The number of hydrogen-bond donors (Lipinski definition) is 2. The van der Waals surface area contributed by atoms with E-state index in [2.05, 4.69) is 9.97 Å². The van der Waals surface area contributed by atoms with Crippen molar-refractivity contribution in [3.8, 4) is 0 Å². The molecule has 0 fully saturated rings. The third-order valence-electron chi connectivity index (χ3n) is 3.05. The Morgan fingerprint density at radius 3 is 2.70 bits per heavy atom. The minimum Gasteiger partial charge on any atom is -0.478 e. The van der Waals surface area contributed by atoms with Crippen LogP contribution in [0.3, 0.4) is 0 Å². The van der Waals surface area contributed by atoms with Gasteiger partial charge >= 0.3 is 5.97 Å². The van der Waals surface area contributed by atoms with Gasteiger partial charge in [0, 0.05) is 6.42 Å². The molecule has 0 saturated carbocycles. The fourth-order valence-corrected chi connectivity index (χ4v) is 2.17. The second-order valence-electron chi connectivity index (χ2n) is 4.50. The van der Waals surface area contributed by atoms with Gasteiger partial charge in [-0.1, -0.05) is 30.3 Å². The molecule has 3 aromatic rings. The lowest BCUT2D eigenvalue weighted by atomic mass is 10.1. The number of aromatic amines is 1. The average Bonchev–Trinajstić information content (AvgIpc) is 2.80. The maximum atomic E-state index is 13.4. The van der Waals surface area contributed by atoms with Gasteiger partial charge in [-0.3, -0.25) is 0 Å². The molecule has 0 aliphatic carbocycles. The molecule has 20 heavy (non-hydrogen) atoms. The molecule has 0 aliphatic rings. The van der Waals surface area contributed by atoms with Crippen molar-refractivity contribution in [2.24, 2.45) is 0 Å². The topological polar surface area (TPSA) is 66.0 Å². The molecule has 5 heteroatoms. The molecule has 100 valence electrons. The first-order chi connectivity index (χ1) is 9.63. The monoisotopic (exact) mass is 270 g/mol. The van der Waals surface area contributed by atoms with Gasteiger partial charge in [-0.05, 0) is 17.7 Å². The number of carboxylic acid groups (broad SMARTS) is 1.